The first-order valence-corrected chi connectivity index (χ1v) is 4.63. The Morgan fingerprint density at radius 3 is 2.33 bits per heavy atom. The summed E-state index contributed by atoms with van der Waals surface area (Å²) < 4.78 is 0. The first-order chi connectivity index (χ1) is 6.45. The van der Waals surface area contributed by atoms with Crippen LogP contribution >= 0.6 is 0 Å². The first kappa shape index (κ1) is 18.0. The molecule has 0 bridgehead atoms. The molecule has 0 aliphatic rings. The van der Waals surface area contributed by atoms with Crippen molar-refractivity contribution in [3.05, 3.63) is 0 Å². The van der Waals surface area contributed by atoms with E-state index in [1.807, 2.05) is 0 Å². The number of hydrogen-bond donors (Lipinski definition) is 4. The van der Waals surface area contributed by atoms with E-state index >= 15 is 0 Å². The van der Waals surface area contributed by atoms with E-state index in [4.69, 9.17) is 10.2 Å². The third kappa shape index (κ3) is 6.71. The predicted octanol–water partition coefficient (Wildman–Crippen LogP) is -1.52. The van der Waals surface area contributed by atoms with E-state index < -0.39 is 17.4 Å². The zero-order chi connectivity index (χ0) is 11.2. The van der Waals surface area contributed by atoms with Crippen molar-refractivity contribution >= 4 is 43.6 Å². The maximum absolute atomic E-state index is 11.3. The molecule has 15 heavy (non-hydrogen) atoms. The van der Waals surface area contributed by atoms with E-state index in [2.05, 4.69) is 5.32 Å². The molecule has 0 aromatic carbocycles. The Morgan fingerprint density at radius 1 is 1.40 bits per heavy atom. The predicted molar refractivity (Wildman–Crippen MR) is 57.3 cm³/mol. The molecule has 0 fully saturated rings. The third-order valence-electron chi connectivity index (χ3n) is 2.03. The van der Waals surface area contributed by atoms with Crippen LogP contribution in [0.25, 0.3) is 0 Å². The molecule has 4 N–H and O–H groups in total. The van der Waals surface area contributed by atoms with Crippen molar-refractivity contribution < 1.29 is 20.1 Å². The van der Waals surface area contributed by atoms with Crippen molar-refractivity contribution in [2.75, 3.05) is 19.8 Å². The van der Waals surface area contributed by atoms with Crippen LogP contribution in [-0.2, 0) is 4.79 Å². The van der Waals surface area contributed by atoms with Gasteiger partial charge in [-0.05, 0) is 6.42 Å². The van der Waals surface area contributed by atoms with Gasteiger partial charge < -0.3 is 20.6 Å². The van der Waals surface area contributed by atoms with Gasteiger partial charge in [0.05, 0.1) is 6.61 Å². The maximum Gasteiger partial charge on any atom is 0.249 e. The number of rotatable bonds is 6. The minimum Gasteiger partial charge on any atom is -0.396 e. The molecule has 2 radical (unpaired) electrons. The van der Waals surface area contributed by atoms with Gasteiger partial charge in [-0.15, -0.1) is 0 Å². The molecule has 0 spiro atoms. The molecule has 0 aromatic rings. The molecule has 0 saturated heterocycles. The minimum absolute atomic E-state index is 0. The molecule has 1 atom stereocenters. The van der Waals surface area contributed by atoms with Crippen molar-refractivity contribution in [3.8, 4) is 0 Å². The average molecular weight is 245 g/mol. The van der Waals surface area contributed by atoms with Crippen LogP contribution in [0.2, 0.25) is 0 Å². The van der Waals surface area contributed by atoms with Crippen LogP contribution in [0.1, 0.15) is 20.3 Å². The molecule has 6 heteroatoms. The largest absolute Gasteiger partial charge is 0.396 e. The van der Waals surface area contributed by atoms with Gasteiger partial charge in [-0.25, -0.2) is 0 Å². The molecule has 0 rings (SSSR count). The molecule has 1 amide bonds. The van der Waals surface area contributed by atoms with Crippen molar-refractivity contribution in [2.45, 2.75) is 26.4 Å². The van der Waals surface area contributed by atoms with E-state index in [-0.39, 0.29) is 51.0 Å². The Hall–Kier alpha value is 0.610. The summed E-state index contributed by atoms with van der Waals surface area (Å²) >= 11 is 0. The second-order valence-electron chi connectivity index (χ2n) is 3.92. The summed E-state index contributed by atoms with van der Waals surface area (Å²) in [6.45, 7) is 3.27. The van der Waals surface area contributed by atoms with E-state index in [9.17, 15) is 9.90 Å². The topological polar surface area (TPSA) is 89.8 Å². The molecule has 0 unspecified atom stereocenters. The summed E-state index contributed by atoms with van der Waals surface area (Å²) in [6.07, 6.45) is -0.774. The van der Waals surface area contributed by atoms with Gasteiger partial charge >= 0.3 is 0 Å². The average Bonchev–Trinajstić information content (AvgIpc) is 2.17. The van der Waals surface area contributed by atoms with E-state index in [0.29, 0.717) is 13.0 Å². The van der Waals surface area contributed by atoms with Crippen LogP contribution in [0.4, 0.5) is 0 Å². The molecule has 86 valence electrons. The zero-order valence-corrected chi connectivity index (χ0v) is 11.6. The van der Waals surface area contributed by atoms with Gasteiger partial charge in [0.15, 0.2) is 0 Å². The summed E-state index contributed by atoms with van der Waals surface area (Å²) in [5, 5.41) is 29.3. The Morgan fingerprint density at radius 2 is 1.93 bits per heavy atom. The SMILES string of the molecule is CC(C)(CO)[C@@H](O)C(=O)NCCCO.[Ca]. The number of hydrogen-bond acceptors (Lipinski definition) is 4. The van der Waals surface area contributed by atoms with E-state index in [0.717, 1.165) is 0 Å². The van der Waals surface area contributed by atoms with E-state index in [1.54, 1.807) is 13.8 Å². The van der Waals surface area contributed by atoms with Crippen molar-refractivity contribution in [3.63, 3.8) is 0 Å². The molecule has 0 heterocycles. The van der Waals surface area contributed by atoms with Gasteiger partial charge in [0, 0.05) is 56.3 Å². The number of amides is 1. The first-order valence-electron chi connectivity index (χ1n) is 4.63. The third-order valence-corrected chi connectivity index (χ3v) is 2.03. The summed E-state index contributed by atoms with van der Waals surface area (Å²) in [4.78, 5) is 11.3. The van der Waals surface area contributed by atoms with Crippen LogP contribution in [0.5, 0.6) is 0 Å². The molecule has 0 aliphatic carbocycles. The quantitative estimate of drug-likeness (QED) is 0.338. The van der Waals surface area contributed by atoms with Crippen LogP contribution in [0, 0.1) is 5.41 Å². The van der Waals surface area contributed by atoms with E-state index in [1.165, 1.54) is 0 Å². The van der Waals surface area contributed by atoms with Crippen molar-refractivity contribution in [1.82, 2.24) is 5.32 Å². The molecule has 0 aromatic heterocycles. The Kier molecular flexibility index (Phi) is 10.5. The van der Waals surface area contributed by atoms with Crippen molar-refractivity contribution in [2.24, 2.45) is 5.41 Å². The number of aliphatic hydroxyl groups is 3. The zero-order valence-electron chi connectivity index (χ0n) is 9.36. The van der Waals surface area contributed by atoms with Crippen LogP contribution in [0.3, 0.4) is 0 Å². The van der Waals surface area contributed by atoms with Crippen LogP contribution in [0.15, 0.2) is 0 Å². The monoisotopic (exact) mass is 245 g/mol. The van der Waals surface area contributed by atoms with Crippen LogP contribution in [-0.4, -0.2) is 84.8 Å². The standard InChI is InChI=1S/C9H19NO4.Ca/c1-9(2,6-12)7(13)8(14)10-4-3-5-11;/h7,11-13H,3-6H2,1-2H3,(H,10,14);/t7-;/m0./s1. The number of carbonyl (C=O) groups excluding carboxylic acids is 1. The molecular weight excluding hydrogens is 226 g/mol. The number of nitrogens with one attached hydrogen (secondary N) is 1. The Labute approximate surface area is 120 Å². The molecule has 0 aliphatic heterocycles. The number of aliphatic hydroxyl groups excluding tert-OH is 3. The van der Waals surface area contributed by atoms with Gasteiger partial charge in [-0.2, -0.15) is 0 Å². The maximum atomic E-state index is 11.3. The van der Waals surface area contributed by atoms with Gasteiger partial charge in [-0.1, -0.05) is 13.8 Å². The summed E-state index contributed by atoms with van der Waals surface area (Å²) in [6, 6.07) is 0. The Balaban J connectivity index is 0. The molecule has 5 nitrogen and oxygen atoms in total. The minimum atomic E-state index is -1.23. The summed E-state index contributed by atoms with van der Waals surface area (Å²) in [7, 11) is 0. The van der Waals surface area contributed by atoms with Gasteiger partial charge in [0.25, 0.3) is 0 Å². The fraction of sp³-hybridized carbons (Fsp3) is 0.889. The van der Waals surface area contributed by atoms with Gasteiger partial charge in [-0.3, -0.25) is 4.79 Å². The second kappa shape index (κ2) is 8.73. The smallest absolute Gasteiger partial charge is 0.249 e. The normalized spacial score (nSPS) is 12.9. The van der Waals surface area contributed by atoms with Gasteiger partial charge in [0.2, 0.25) is 5.91 Å². The summed E-state index contributed by atoms with van der Waals surface area (Å²) in [5.74, 6) is -0.516. The fourth-order valence-electron chi connectivity index (χ4n) is 0.829. The fourth-order valence-corrected chi connectivity index (χ4v) is 0.829. The molecule has 0 saturated carbocycles. The summed E-state index contributed by atoms with van der Waals surface area (Å²) in [5.41, 5.74) is -0.844. The molecular formula is C9H19CaNO4. The van der Waals surface area contributed by atoms with Gasteiger partial charge in [0.1, 0.15) is 6.10 Å². The van der Waals surface area contributed by atoms with Crippen molar-refractivity contribution in [1.29, 1.82) is 0 Å². The Bertz CT molecular complexity index is 187. The van der Waals surface area contributed by atoms with Crippen LogP contribution < -0.4 is 5.32 Å². The number of carbonyl (C=O) groups is 1. The second-order valence-corrected chi connectivity index (χ2v) is 3.92.